The molecule has 4 rings (SSSR count). The van der Waals surface area contributed by atoms with Crippen molar-refractivity contribution in [1.29, 1.82) is 0 Å². The molecule has 7 nitrogen and oxygen atoms in total. The Morgan fingerprint density at radius 2 is 1.17 bits per heavy atom. The highest BCUT2D eigenvalue weighted by Crippen LogP contribution is 2.19. The number of carbonyl (C=O) groups excluding carboxylic acids is 2. The molecule has 0 atom stereocenters. The summed E-state index contributed by atoms with van der Waals surface area (Å²) in [4.78, 5) is 24.4. The molecule has 0 aliphatic rings. The van der Waals surface area contributed by atoms with Crippen LogP contribution in [-0.4, -0.2) is 32.3 Å². The molecule has 0 radical (unpaired) electrons. The van der Waals surface area contributed by atoms with E-state index < -0.39 is 11.9 Å². The van der Waals surface area contributed by atoms with Crippen LogP contribution in [0.25, 0.3) is 21.8 Å². The van der Waals surface area contributed by atoms with Gasteiger partial charge in [-0.15, -0.1) is 0 Å². The Labute approximate surface area is 129 Å². The summed E-state index contributed by atoms with van der Waals surface area (Å²) in [5.74, 6) is -1.64. The van der Waals surface area contributed by atoms with Crippen molar-refractivity contribution in [2.24, 2.45) is 0 Å². The van der Waals surface area contributed by atoms with Gasteiger partial charge in [0.1, 0.15) is 0 Å². The minimum atomic E-state index is -0.820. The van der Waals surface area contributed by atoms with E-state index in [2.05, 4.69) is 20.4 Å². The number of hydrogen-bond acceptors (Lipinski definition) is 5. The van der Waals surface area contributed by atoms with Crippen molar-refractivity contribution in [1.82, 2.24) is 20.4 Å². The van der Waals surface area contributed by atoms with Crippen LogP contribution in [0.4, 0.5) is 0 Å². The van der Waals surface area contributed by atoms with Crippen molar-refractivity contribution < 1.29 is 14.3 Å². The summed E-state index contributed by atoms with van der Waals surface area (Å²) in [7, 11) is 0. The maximum absolute atomic E-state index is 12.2. The largest absolute Gasteiger partial charge is 0.383 e. The Hall–Kier alpha value is -3.48. The van der Waals surface area contributed by atoms with E-state index >= 15 is 0 Å². The number of hydrogen-bond donors (Lipinski definition) is 2. The summed E-state index contributed by atoms with van der Waals surface area (Å²) in [5.41, 5.74) is 1.51. The second kappa shape index (κ2) is 5.06. The number of aromatic nitrogens is 4. The molecule has 0 bridgehead atoms. The van der Waals surface area contributed by atoms with E-state index in [4.69, 9.17) is 4.74 Å². The lowest BCUT2D eigenvalue weighted by atomic mass is 10.2. The Kier molecular flexibility index (Phi) is 2.90. The lowest BCUT2D eigenvalue weighted by molar-refractivity contribution is 0.0392. The Bertz CT molecular complexity index is 964. The second-order valence-corrected chi connectivity index (χ2v) is 4.91. The molecule has 2 heterocycles. The molecule has 7 heteroatoms. The first kappa shape index (κ1) is 13.2. The van der Waals surface area contributed by atoms with Crippen LogP contribution in [0.15, 0.2) is 48.5 Å². The van der Waals surface area contributed by atoms with Crippen molar-refractivity contribution in [3.8, 4) is 0 Å². The van der Waals surface area contributed by atoms with Crippen LogP contribution >= 0.6 is 0 Å². The highest BCUT2D eigenvalue weighted by molar-refractivity contribution is 6.10. The molecule has 0 amide bonds. The van der Waals surface area contributed by atoms with E-state index in [0.29, 0.717) is 21.8 Å². The first-order valence-corrected chi connectivity index (χ1v) is 6.87. The number of nitrogens with one attached hydrogen (secondary N) is 2. The van der Waals surface area contributed by atoms with E-state index in [1.165, 1.54) is 0 Å². The maximum Gasteiger partial charge on any atom is 0.367 e. The SMILES string of the molecule is O=C(OC(=O)c1n[nH]c2ccccc12)c1n[nH]c2ccccc12. The fourth-order valence-electron chi connectivity index (χ4n) is 2.42. The third kappa shape index (κ3) is 2.15. The van der Waals surface area contributed by atoms with Gasteiger partial charge in [-0.1, -0.05) is 36.4 Å². The van der Waals surface area contributed by atoms with Gasteiger partial charge in [-0.2, -0.15) is 10.2 Å². The maximum atomic E-state index is 12.2. The number of carbonyl (C=O) groups is 2. The van der Waals surface area contributed by atoms with Gasteiger partial charge in [0.15, 0.2) is 11.4 Å². The average Bonchev–Trinajstić information content (AvgIpc) is 3.19. The minimum absolute atomic E-state index is 0.0637. The number of H-pyrrole nitrogens is 2. The van der Waals surface area contributed by atoms with Gasteiger partial charge in [-0.05, 0) is 12.1 Å². The Morgan fingerprint density at radius 3 is 1.65 bits per heavy atom. The van der Waals surface area contributed by atoms with Crippen LogP contribution in [-0.2, 0) is 4.74 Å². The molecule has 0 saturated carbocycles. The monoisotopic (exact) mass is 306 g/mol. The van der Waals surface area contributed by atoms with Crippen molar-refractivity contribution in [2.45, 2.75) is 0 Å². The minimum Gasteiger partial charge on any atom is -0.383 e. The van der Waals surface area contributed by atoms with Gasteiger partial charge in [0, 0.05) is 10.8 Å². The van der Waals surface area contributed by atoms with Gasteiger partial charge < -0.3 is 4.74 Å². The fraction of sp³-hybridized carbons (Fsp3) is 0. The predicted octanol–water partition coefficient (Wildman–Crippen LogP) is 2.44. The molecule has 2 aromatic heterocycles. The number of nitrogens with zero attached hydrogens (tertiary/aromatic N) is 2. The van der Waals surface area contributed by atoms with E-state index in [9.17, 15) is 9.59 Å². The van der Waals surface area contributed by atoms with E-state index in [-0.39, 0.29) is 11.4 Å². The van der Waals surface area contributed by atoms with Crippen molar-refractivity contribution >= 4 is 33.7 Å². The lowest BCUT2D eigenvalue weighted by Crippen LogP contribution is -2.14. The van der Waals surface area contributed by atoms with Crippen LogP contribution in [0.5, 0.6) is 0 Å². The molecule has 0 unspecified atom stereocenters. The van der Waals surface area contributed by atoms with Crippen molar-refractivity contribution in [2.75, 3.05) is 0 Å². The lowest BCUT2D eigenvalue weighted by Gasteiger charge is -1.99. The van der Waals surface area contributed by atoms with E-state index in [0.717, 1.165) is 0 Å². The molecule has 0 fully saturated rings. The van der Waals surface area contributed by atoms with Gasteiger partial charge in [0.05, 0.1) is 11.0 Å². The van der Waals surface area contributed by atoms with Crippen LogP contribution < -0.4 is 0 Å². The zero-order valence-corrected chi connectivity index (χ0v) is 11.7. The molecule has 4 aromatic rings. The third-order valence-corrected chi connectivity index (χ3v) is 3.51. The highest BCUT2D eigenvalue weighted by atomic mass is 16.6. The molecule has 0 aliphatic heterocycles. The zero-order valence-electron chi connectivity index (χ0n) is 11.7. The molecule has 0 aliphatic carbocycles. The summed E-state index contributed by atoms with van der Waals surface area (Å²) < 4.78 is 4.91. The van der Waals surface area contributed by atoms with Crippen LogP contribution in [0.1, 0.15) is 21.0 Å². The van der Waals surface area contributed by atoms with Crippen molar-refractivity contribution in [3.63, 3.8) is 0 Å². The molecule has 0 saturated heterocycles. The number of benzene rings is 2. The normalized spacial score (nSPS) is 11.0. The Morgan fingerprint density at radius 1 is 0.739 bits per heavy atom. The summed E-state index contributed by atoms with van der Waals surface area (Å²) in [6.07, 6.45) is 0. The first-order chi connectivity index (χ1) is 11.2. The van der Waals surface area contributed by atoms with Crippen LogP contribution in [0.3, 0.4) is 0 Å². The topological polar surface area (TPSA) is 101 Å². The quantitative estimate of drug-likeness (QED) is 0.437. The molecular formula is C16H10N4O3. The number of ether oxygens (including phenoxy) is 1. The molecule has 23 heavy (non-hydrogen) atoms. The molecule has 2 N–H and O–H groups in total. The fourth-order valence-corrected chi connectivity index (χ4v) is 2.42. The summed E-state index contributed by atoms with van der Waals surface area (Å²) in [5, 5.41) is 14.5. The van der Waals surface area contributed by atoms with Crippen molar-refractivity contribution in [3.05, 3.63) is 59.9 Å². The summed E-state index contributed by atoms with van der Waals surface area (Å²) in [6.45, 7) is 0. The molecular weight excluding hydrogens is 296 g/mol. The number of esters is 2. The number of fused-ring (bicyclic) bond motifs is 2. The van der Waals surface area contributed by atoms with Crippen LogP contribution in [0.2, 0.25) is 0 Å². The zero-order chi connectivity index (χ0) is 15.8. The molecule has 2 aromatic carbocycles. The van der Waals surface area contributed by atoms with Gasteiger partial charge in [-0.25, -0.2) is 9.59 Å². The van der Waals surface area contributed by atoms with E-state index in [1.54, 1.807) is 36.4 Å². The van der Waals surface area contributed by atoms with Gasteiger partial charge >= 0.3 is 11.9 Å². The first-order valence-electron chi connectivity index (χ1n) is 6.87. The van der Waals surface area contributed by atoms with E-state index in [1.807, 2.05) is 12.1 Å². The van der Waals surface area contributed by atoms with Gasteiger partial charge in [0.2, 0.25) is 0 Å². The number of rotatable bonds is 2. The number of para-hydroxylation sites is 2. The van der Waals surface area contributed by atoms with Gasteiger partial charge in [-0.3, -0.25) is 10.2 Å². The summed E-state index contributed by atoms with van der Waals surface area (Å²) >= 11 is 0. The Balaban J connectivity index is 1.65. The molecule has 112 valence electrons. The highest BCUT2D eigenvalue weighted by Gasteiger charge is 2.22. The third-order valence-electron chi connectivity index (χ3n) is 3.51. The number of aromatic amines is 2. The smallest absolute Gasteiger partial charge is 0.367 e. The summed E-state index contributed by atoms with van der Waals surface area (Å²) in [6, 6.07) is 14.2. The van der Waals surface area contributed by atoms with Crippen LogP contribution in [0, 0.1) is 0 Å². The average molecular weight is 306 g/mol. The predicted molar refractivity (Wildman–Crippen MR) is 81.9 cm³/mol. The van der Waals surface area contributed by atoms with Gasteiger partial charge in [0.25, 0.3) is 0 Å². The molecule has 0 spiro atoms. The second-order valence-electron chi connectivity index (χ2n) is 4.91. The standard InChI is InChI=1S/C16H10N4O3/c21-15(13-9-5-1-3-7-11(9)17-19-13)23-16(22)14-10-6-2-4-8-12(10)18-20-14/h1-8H,(H,17,19)(H,18,20).